The van der Waals surface area contributed by atoms with Crippen molar-refractivity contribution in [1.82, 2.24) is 13.9 Å². The molecule has 7 heteroatoms. The molecule has 0 spiro atoms. The van der Waals surface area contributed by atoms with Crippen LogP contribution in [-0.2, 0) is 21.8 Å². The fourth-order valence-corrected chi connectivity index (χ4v) is 3.84. The van der Waals surface area contributed by atoms with Gasteiger partial charge in [-0.1, -0.05) is 6.92 Å². The summed E-state index contributed by atoms with van der Waals surface area (Å²) in [6.45, 7) is 4.99. The Labute approximate surface area is 114 Å². The number of aryl methyl sites for hydroxylation is 2. The number of ether oxygens (including phenoxy) is 1. The van der Waals surface area contributed by atoms with Gasteiger partial charge >= 0.3 is 0 Å². The number of rotatable bonds is 4. The van der Waals surface area contributed by atoms with E-state index in [1.165, 1.54) is 4.31 Å². The normalized spacial score (nSPS) is 21.7. The average Bonchev–Trinajstić information content (AvgIpc) is 2.69. The van der Waals surface area contributed by atoms with Crippen LogP contribution in [0.15, 0.2) is 6.20 Å². The molecule has 2 rings (SSSR count). The van der Waals surface area contributed by atoms with Gasteiger partial charge in [-0.05, 0) is 13.3 Å². The largest absolute Gasteiger partial charge is 0.368 e. The van der Waals surface area contributed by atoms with Gasteiger partial charge in [-0.2, -0.15) is 4.31 Å². The zero-order valence-electron chi connectivity index (χ0n) is 11.7. The van der Waals surface area contributed by atoms with Crippen molar-refractivity contribution < 1.29 is 13.2 Å². The maximum atomic E-state index is 12.1. The van der Waals surface area contributed by atoms with Gasteiger partial charge in [0.2, 0.25) is 10.0 Å². The highest BCUT2D eigenvalue weighted by atomic mass is 32.2. The Hall–Kier alpha value is -0.920. The van der Waals surface area contributed by atoms with E-state index in [1.807, 2.05) is 31.7 Å². The number of aromatic nitrogens is 2. The molecule has 2 heterocycles. The summed E-state index contributed by atoms with van der Waals surface area (Å²) in [4.78, 5) is 4.41. The Balaban J connectivity index is 2.16. The van der Waals surface area contributed by atoms with E-state index in [1.54, 1.807) is 0 Å². The van der Waals surface area contributed by atoms with Gasteiger partial charge in [0.15, 0.2) is 0 Å². The second kappa shape index (κ2) is 5.60. The van der Waals surface area contributed by atoms with Crippen LogP contribution in [0.4, 0.5) is 0 Å². The van der Waals surface area contributed by atoms with Crippen LogP contribution < -0.4 is 0 Å². The first kappa shape index (κ1) is 14.5. The lowest BCUT2D eigenvalue weighted by atomic mass is 10.3. The van der Waals surface area contributed by atoms with Crippen molar-refractivity contribution in [3.8, 4) is 0 Å². The predicted molar refractivity (Wildman–Crippen MR) is 72.3 cm³/mol. The standard InChI is InChI=1S/C12H21N3O3S/c1-4-7-19(16,17)15-5-6-18-11(9-15)12-13-10(2)8-14(12)3/h8,11H,4-7,9H2,1-3H3/t11-/m1/s1. The second-order valence-electron chi connectivity index (χ2n) is 4.88. The fourth-order valence-electron chi connectivity index (χ4n) is 2.36. The third-order valence-corrected chi connectivity index (χ3v) is 5.25. The molecular weight excluding hydrogens is 266 g/mol. The third kappa shape index (κ3) is 3.16. The molecule has 0 radical (unpaired) electrons. The lowest BCUT2D eigenvalue weighted by Gasteiger charge is -2.31. The van der Waals surface area contributed by atoms with E-state index in [-0.39, 0.29) is 11.9 Å². The van der Waals surface area contributed by atoms with Crippen LogP contribution in [0.2, 0.25) is 0 Å². The van der Waals surface area contributed by atoms with Crippen molar-refractivity contribution in [1.29, 1.82) is 0 Å². The van der Waals surface area contributed by atoms with Gasteiger partial charge in [-0.3, -0.25) is 0 Å². The number of morpholine rings is 1. The number of hydrogen-bond acceptors (Lipinski definition) is 4. The molecule has 0 aromatic carbocycles. The Morgan fingerprint density at radius 3 is 2.84 bits per heavy atom. The molecule has 0 N–H and O–H groups in total. The molecule has 0 aliphatic carbocycles. The lowest BCUT2D eigenvalue weighted by Crippen LogP contribution is -2.43. The Morgan fingerprint density at radius 1 is 1.53 bits per heavy atom. The highest BCUT2D eigenvalue weighted by molar-refractivity contribution is 7.89. The summed E-state index contributed by atoms with van der Waals surface area (Å²) in [5.41, 5.74) is 0.912. The molecule has 1 atom stereocenters. The Kier molecular flexibility index (Phi) is 4.27. The van der Waals surface area contributed by atoms with Crippen LogP contribution in [0.5, 0.6) is 0 Å². The summed E-state index contributed by atoms with van der Waals surface area (Å²) in [5, 5.41) is 0. The van der Waals surface area contributed by atoms with Crippen LogP contribution in [0.1, 0.15) is 31.0 Å². The van der Waals surface area contributed by atoms with Crippen LogP contribution in [0, 0.1) is 6.92 Å². The topological polar surface area (TPSA) is 64.4 Å². The first-order chi connectivity index (χ1) is 8.94. The number of imidazole rings is 1. The van der Waals surface area contributed by atoms with Crippen molar-refractivity contribution in [2.24, 2.45) is 7.05 Å². The van der Waals surface area contributed by atoms with Crippen LogP contribution >= 0.6 is 0 Å². The molecule has 0 saturated carbocycles. The number of hydrogen-bond donors (Lipinski definition) is 0. The summed E-state index contributed by atoms with van der Waals surface area (Å²) in [5.74, 6) is 0.980. The van der Waals surface area contributed by atoms with E-state index in [0.717, 1.165) is 11.5 Å². The molecule has 6 nitrogen and oxygen atoms in total. The van der Waals surface area contributed by atoms with Gasteiger partial charge in [0, 0.05) is 26.3 Å². The smallest absolute Gasteiger partial charge is 0.214 e. The summed E-state index contributed by atoms with van der Waals surface area (Å²) in [6, 6.07) is 0. The molecule has 0 amide bonds. The minimum Gasteiger partial charge on any atom is -0.368 e. The van der Waals surface area contributed by atoms with E-state index in [0.29, 0.717) is 26.1 Å². The minimum absolute atomic E-state index is 0.194. The Bertz CT molecular complexity index is 538. The van der Waals surface area contributed by atoms with Crippen molar-refractivity contribution >= 4 is 10.0 Å². The molecule has 1 fully saturated rings. The van der Waals surface area contributed by atoms with E-state index in [9.17, 15) is 8.42 Å². The summed E-state index contributed by atoms with van der Waals surface area (Å²) in [6.07, 6.45) is 2.27. The van der Waals surface area contributed by atoms with Crippen molar-refractivity contribution in [2.75, 3.05) is 25.4 Å². The molecule has 19 heavy (non-hydrogen) atoms. The zero-order chi connectivity index (χ0) is 14.0. The predicted octanol–water partition coefficient (Wildman–Crippen LogP) is 0.842. The first-order valence-corrected chi connectivity index (χ1v) is 8.14. The lowest BCUT2D eigenvalue weighted by molar-refractivity contribution is -0.00892. The summed E-state index contributed by atoms with van der Waals surface area (Å²) in [7, 11) is -1.26. The molecule has 108 valence electrons. The number of nitrogens with zero attached hydrogens (tertiary/aromatic N) is 3. The minimum atomic E-state index is -3.16. The Morgan fingerprint density at radius 2 is 2.26 bits per heavy atom. The van der Waals surface area contributed by atoms with Crippen molar-refractivity contribution in [2.45, 2.75) is 26.4 Å². The van der Waals surface area contributed by atoms with E-state index >= 15 is 0 Å². The molecule has 1 aliphatic rings. The van der Waals surface area contributed by atoms with Gasteiger partial charge in [-0.25, -0.2) is 13.4 Å². The highest BCUT2D eigenvalue weighted by Crippen LogP contribution is 2.23. The van der Waals surface area contributed by atoms with E-state index in [4.69, 9.17) is 4.74 Å². The average molecular weight is 287 g/mol. The maximum Gasteiger partial charge on any atom is 0.214 e. The first-order valence-electron chi connectivity index (χ1n) is 6.53. The van der Waals surface area contributed by atoms with Crippen LogP contribution in [0.3, 0.4) is 0 Å². The summed E-state index contributed by atoms with van der Waals surface area (Å²) < 4.78 is 33.3. The van der Waals surface area contributed by atoms with Gasteiger partial charge in [0.25, 0.3) is 0 Å². The van der Waals surface area contributed by atoms with Gasteiger partial charge < -0.3 is 9.30 Å². The van der Waals surface area contributed by atoms with Gasteiger partial charge in [0.05, 0.1) is 18.1 Å². The second-order valence-corrected chi connectivity index (χ2v) is 6.97. The number of sulfonamides is 1. The van der Waals surface area contributed by atoms with Crippen molar-refractivity contribution in [3.05, 3.63) is 17.7 Å². The van der Waals surface area contributed by atoms with E-state index in [2.05, 4.69) is 4.98 Å². The maximum absolute atomic E-state index is 12.1. The van der Waals surface area contributed by atoms with Gasteiger partial charge in [-0.15, -0.1) is 0 Å². The third-order valence-electron chi connectivity index (χ3n) is 3.21. The van der Waals surface area contributed by atoms with Gasteiger partial charge in [0.1, 0.15) is 11.9 Å². The van der Waals surface area contributed by atoms with E-state index < -0.39 is 10.0 Å². The molecule has 1 aliphatic heterocycles. The quantitative estimate of drug-likeness (QED) is 0.823. The molecule has 1 saturated heterocycles. The molecule has 1 aromatic rings. The monoisotopic (exact) mass is 287 g/mol. The molecule has 0 bridgehead atoms. The van der Waals surface area contributed by atoms with Crippen molar-refractivity contribution in [3.63, 3.8) is 0 Å². The molecule has 0 unspecified atom stereocenters. The summed E-state index contributed by atoms with van der Waals surface area (Å²) >= 11 is 0. The van der Waals surface area contributed by atoms with Crippen LogP contribution in [-0.4, -0.2) is 47.7 Å². The SMILES string of the molecule is CCCS(=O)(=O)N1CCO[C@@H](c2nc(C)cn2C)C1. The fraction of sp³-hybridized carbons (Fsp3) is 0.750. The zero-order valence-corrected chi connectivity index (χ0v) is 12.5. The molecule has 1 aromatic heterocycles. The highest BCUT2D eigenvalue weighted by Gasteiger charge is 2.31. The molecular formula is C12H21N3O3S. The van der Waals surface area contributed by atoms with Crippen LogP contribution in [0.25, 0.3) is 0 Å².